The highest BCUT2D eigenvalue weighted by Crippen LogP contribution is 2.31. The fourth-order valence-electron chi connectivity index (χ4n) is 4.62. The molecule has 3 aromatic heterocycles. The molecule has 1 aliphatic rings. The molecule has 0 saturated heterocycles. The third-order valence-corrected chi connectivity index (χ3v) is 6.08. The van der Waals surface area contributed by atoms with Gasteiger partial charge in [0.2, 0.25) is 0 Å². The Labute approximate surface area is 168 Å². The van der Waals surface area contributed by atoms with Crippen molar-refractivity contribution in [2.24, 2.45) is 0 Å². The number of H-pyrrole nitrogens is 1. The molecule has 4 aromatic rings. The van der Waals surface area contributed by atoms with Crippen LogP contribution in [0, 0.1) is 0 Å². The van der Waals surface area contributed by atoms with E-state index in [2.05, 4.69) is 37.7 Å². The Kier molecular flexibility index (Phi) is 4.67. The van der Waals surface area contributed by atoms with Gasteiger partial charge in [-0.15, -0.1) is 0 Å². The van der Waals surface area contributed by atoms with Crippen molar-refractivity contribution in [2.45, 2.75) is 51.0 Å². The van der Waals surface area contributed by atoms with Gasteiger partial charge in [0.15, 0.2) is 5.65 Å². The van der Waals surface area contributed by atoms with Crippen molar-refractivity contribution in [1.29, 1.82) is 0 Å². The molecule has 0 unspecified atom stereocenters. The fourth-order valence-corrected chi connectivity index (χ4v) is 4.62. The molecule has 7 heteroatoms. The molecule has 1 aliphatic carbocycles. The molecule has 1 fully saturated rings. The van der Waals surface area contributed by atoms with E-state index in [1.54, 1.807) is 0 Å². The average Bonchev–Trinajstić information content (AvgIpc) is 3.35. The Balaban J connectivity index is 1.60. The molecule has 0 bridgehead atoms. The monoisotopic (exact) mass is 391 g/mol. The van der Waals surface area contributed by atoms with Crippen LogP contribution in [0.25, 0.3) is 27.8 Å². The van der Waals surface area contributed by atoms with Crippen molar-refractivity contribution in [3.63, 3.8) is 0 Å². The second-order valence-electron chi connectivity index (χ2n) is 7.90. The number of aromatic amines is 1. The number of hydrogen-bond donors (Lipinski definition) is 2. The van der Waals surface area contributed by atoms with E-state index in [9.17, 15) is 9.90 Å². The number of imidazole rings is 1. The number of aryl methyl sites for hydroxylation is 1. The third kappa shape index (κ3) is 3.15. The molecule has 2 N–H and O–H groups in total. The second kappa shape index (κ2) is 7.48. The predicted molar refractivity (Wildman–Crippen MR) is 113 cm³/mol. The molecular formula is C22H25N5O2. The minimum atomic E-state index is -0.149. The lowest BCUT2D eigenvalue weighted by Gasteiger charge is -2.23. The van der Waals surface area contributed by atoms with Crippen LogP contribution in [0.15, 0.2) is 41.8 Å². The Hall–Kier alpha value is -2.93. The zero-order valence-corrected chi connectivity index (χ0v) is 16.3. The van der Waals surface area contributed by atoms with Crippen LogP contribution in [0.4, 0.5) is 0 Å². The van der Waals surface area contributed by atoms with Crippen LogP contribution in [0.1, 0.15) is 50.1 Å². The summed E-state index contributed by atoms with van der Waals surface area (Å²) in [6, 6.07) is 6.80. The number of nitrogens with one attached hydrogen (secondary N) is 1. The summed E-state index contributed by atoms with van der Waals surface area (Å²) in [4.78, 5) is 24.2. The van der Waals surface area contributed by atoms with Crippen molar-refractivity contribution in [1.82, 2.24) is 24.1 Å². The minimum absolute atomic E-state index is 0.0927. The van der Waals surface area contributed by atoms with Crippen molar-refractivity contribution in [2.75, 3.05) is 6.61 Å². The summed E-state index contributed by atoms with van der Waals surface area (Å²) in [7, 11) is 0. The number of fused-ring (bicyclic) bond motifs is 2. The Morgan fingerprint density at radius 3 is 2.86 bits per heavy atom. The van der Waals surface area contributed by atoms with Crippen LogP contribution in [-0.2, 0) is 6.42 Å². The van der Waals surface area contributed by atoms with Gasteiger partial charge in [-0.1, -0.05) is 19.3 Å². The van der Waals surface area contributed by atoms with Crippen molar-refractivity contribution in [3.8, 4) is 5.69 Å². The summed E-state index contributed by atoms with van der Waals surface area (Å²) in [5, 5.41) is 9.79. The third-order valence-electron chi connectivity index (χ3n) is 6.08. The maximum Gasteiger partial charge on any atom is 0.260 e. The van der Waals surface area contributed by atoms with Crippen molar-refractivity contribution < 1.29 is 5.11 Å². The lowest BCUT2D eigenvalue weighted by Crippen LogP contribution is -2.11. The molecule has 150 valence electrons. The van der Waals surface area contributed by atoms with Crippen LogP contribution in [-0.4, -0.2) is 35.8 Å². The average molecular weight is 391 g/mol. The first-order chi connectivity index (χ1) is 14.3. The number of aliphatic hydroxyl groups excluding tert-OH is 1. The first kappa shape index (κ1) is 18.1. The van der Waals surface area contributed by atoms with Crippen LogP contribution >= 0.6 is 0 Å². The maximum absolute atomic E-state index is 12.4. The number of aliphatic hydroxyl groups is 1. The Bertz CT molecular complexity index is 1210. The van der Waals surface area contributed by atoms with Gasteiger partial charge in [-0.05, 0) is 49.4 Å². The van der Waals surface area contributed by atoms with Crippen LogP contribution in [0.3, 0.4) is 0 Å². The smallest absolute Gasteiger partial charge is 0.260 e. The summed E-state index contributed by atoms with van der Waals surface area (Å²) in [6.07, 6.45) is 12.9. The lowest BCUT2D eigenvalue weighted by molar-refractivity contribution is 0.288. The minimum Gasteiger partial charge on any atom is -0.396 e. The lowest BCUT2D eigenvalue weighted by atomic mass is 9.95. The van der Waals surface area contributed by atoms with Gasteiger partial charge < -0.3 is 19.2 Å². The van der Waals surface area contributed by atoms with Gasteiger partial charge in [0.1, 0.15) is 0 Å². The van der Waals surface area contributed by atoms with Gasteiger partial charge in [-0.25, -0.2) is 9.97 Å². The molecule has 0 aliphatic heterocycles. The summed E-state index contributed by atoms with van der Waals surface area (Å²) >= 11 is 0. The van der Waals surface area contributed by atoms with Crippen LogP contribution in [0.5, 0.6) is 0 Å². The van der Waals surface area contributed by atoms with Gasteiger partial charge >= 0.3 is 0 Å². The van der Waals surface area contributed by atoms with Gasteiger partial charge in [0, 0.05) is 24.5 Å². The molecule has 1 aromatic carbocycles. The topological polar surface area (TPSA) is 88.7 Å². The molecule has 3 heterocycles. The normalized spacial score (nSPS) is 15.5. The predicted octanol–water partition coefficient (Wildman–Crippen LogP) is 3.49. The van der Waals surface area contributed by atoms with E-state index in [0.717, 1.165) is 22.3 Å². The zero-order valence-electron chi connectivity index (χ0n) is 16.3. The van der Waals surface area contributed by atoms with E-state index in [1.165, 1.54) is 38.4 Å². The number of hydrogen-bond acceptors (Lipinski definition) is 4. The van der Waals surface area contributed by atoms with E-state index in [1.807, 2.05) is 17.1 Å². The molecule has 5 rings (SSSR count). The Morgan fingerprint density at radius 2 is 2.03 bits per heavy atom. The molecule has 1 saturated carbocycles. The van der Waals surface area contributed by atoms with E-state index < -0.39 is 0 Å². The zero-order chi connectivity index (χ0) is 19.8. The van der Waals surface area contributed by atoms with E-state index in [0.29, 0.717) is 29.9 Å². The van der Waals surface area contributed by atoms with E-state index >= 15 is 0 Å². The first-order valence-corrected chi connectivity index (χ1v) is 10.4. The van der Waals surface area contributed by atoms with Gasteiger partial charge in [-0.3, -0.25) is 4.79 Å². The number of benzene rings is 1. The number of nitrogens with zero attached hydrogens (tertiary/aromatic N) is 4. The highest BCUT2D eigenvalue weighted by atomic mass is 16.2. The summed E-state index contributed by atoms with van der Waals surface area (Å²) in [5.74, 6) is 0. The highest BCUT2D eigenvalue weighted by molar-refractivity contribution is 5.83. The van der Waals surface area contributed by atoms with E-state index in [-0.39, 0.29) is 12.2 Å². The second-order valence-corrected chi connectivity index (χ2v) is 7.90. The van der Waals surface area contributed by atoms with Crippen molar-refractivity contribution in [3.05, 3.63) is 53.0 Å². The standard InChI is InChI=1S/C22H25N5O2/c28-10-4-5-15-12-26(21-20(15)22(29)24-13-23-21)17-8-9-19-18(11-17)25-14-27(19)16-6-2-1-3-7-16/h8-9,11-14,16,28H,1-7,10H2,(H,23,24,29). The van der Waals surface area contributed by atoms with Crippen LogP contribution in [0.2, 0.25) is 0 Å². The van der Waals surface area contributed by atoms with Crippen molar-refractivity contribution >= 4 is 22.1 Å². The maximum atomic E-state index is 12.4. The summed E-state index contributed by atoms with van der Waals surface area (Å²) < 4.78 is 4.28. The highest BCUT2D eigenvalue weighted by Gasteiger charge is 2.18. The molecule has 7 nitrogen and oxygen atoms in total. The SMILES string of the molecule is O=c1[nH]cnc2c1c(CCCO)cn2-c1ccc2c(c1)ncn2C1CCCCC1. The quantitative estimate of drug-likeness (QED) is 0.545. The molecule has 29 heavy (non-hydrogen) atoms. The Morgan fingerprint density at radius 1 is 1.17 bits per heavy atom. The molecule has 0 atom stereocenters. The van der Waals surface area contributed by atoms with Gasteiger partial charge in [0.05, 0.1) is 29.1 Å². The fraction of sp³-hybridized carbons (Fsp3) is 0.409. The van der Waals surface area contributed by atoms with Gasteiger partial charge in [-0.2, -0.15) is 0 Å². The number of rotatable bonds is 5. The first-order valence-electron chi connectivity index (χ1n) is 10.4. The largest absolute Gasteiger partial charge is 0.396 e. The molecule has 0 radical (unpaired) electrons. The molecule has 0 spiro atoms. The molecular weight excluding hydrogens is 366 g/mol. The summed E-state index contributed by atoms with van der Waals surface area (Å²) in [5.41, 5.74) is 4.43. The summed E-state index contributed by atoms with van der Waals surface area (Å²) in [6.45, 7) is 0.0927. The molecule has 0 amide bonds. The van der Waals surface area contributed by atoms with E-state index in [4.69, 9.17) is 0 Å². The number of aromatic nitrogens is 5. The van der Waals surface area contributed by atoms with Gasteiger partial charge in [0.25, 0.3) is 5.56 Å². The van der Waals surface area contributed by atoms with Crippen LogP contribution < -0.4 is 5.56 Å².